The van der Waals surface area contributed by atoms with E-state index in [4.69, 9.17) is 4.74 Å². The Morgan fingerprint density at radius 3 is 2.86 bits per heavy atom. The lowest BCUT2D eigenvalue weighted by Gasteiger charge is -2.14. The van der Waals surface area contributed by atoms with E-state index < -0.39 is 0 Å². The van der Waals surface area contributed by atoms with Crippen molar-refractivity contribution in [1.82, 2.24) is 10.3 Å². The van der Waals surface area contributed by atoms with E-state index in [1.807, 2.05) is 18.2 Å². The fourth-order valence-corrected chi connectivity index (χ4v) is 3.18. The molecule has 3 aromatic rings. The lowest BCUT2D eigenvalue weighted by Crippen LogP contribution is -2.17. The van der Waals surface area contributed by atoms with Gasteiger partial charge in [-0.3, -0.25) is 0 Å². The third kappa shape index (κ3) is 3.23. The van der Waals surface area contributed by atoms with Crippen LogP contribution in [0.1, 0.15) is 23.5 Å². The van der Waals surface area contributed by atoms with Crippen LogP contribution >= 0.6 is 11.3 Å². The largest absolute Gasteiger partial charge is 0.497 e. The summed E-state index contributed by atoms with van der Waals surface area (Å²) in [4.78, 5) is 4.64. The van der Waals surface area contributed by atoms with Gasteiger partial charge >= 0.3 is 0 Å². The quantitative estimate of drug-likeness (QED) is 0.768. The average Bonchev–Trinajstić information content (AvgIpc) is 2.95. The maximum atomic E-state index is 5.27. The van der Waals surface area contributed by atoms with Crippen LogP contribution in [0.5, 0.6) is 5.75 Å². The Morgan fingerprint density at radius 2 is 2.05 bits per heavy atom. The molecule has 0 aliphatic carbocycles. The zero-order valence-electron chi connectivity index (χ0n) is 12.2. The van der Waals surface area contributed by atoms with E-state index >= 15 is 0 Å². The number of benzene rings is 2. The number of para-hydroxylation sites is 1. The summed E-state index contributed by atoms with van der Waals surface area (Å²) in [6, 6.07) is 16.7. The van der Waals surface area contributed by atoms with E-state index in [0.717, 1.165) is 22.8 Å². The molecule has 1 atom stereocenters. The van der Waals surface area contributed by atoms with Gasteiger partial charge in [-0.1, -0.05) is 24.3 Å². The lowest BCUT2D eigenvalue weighted by molar-refractivity contribution is 0.413. The standard InChI is InChI=1S/C17H18N2OS/c1-12(13-6-5-7-14(10-13)20-2)18-11-17-19-15-8-3-4-9-16(15)21-17/h3-10,12,18H,11H2,1-2H3/t12-/m1/s1. The monoisotopic (exact) mass is 298 g/mol. The van der Waals surface area contributed by atoms with Gasteiger partial charge in [0.15, 0.2) is 0 Å². The second-order valence-corrected chi connectivity index (χ2v) is 6.07. The Kier molecular flexibility index (Phi) is 4.18. The highest BCUT2D eigenvalue weighted by atomic mass is 32.1. The van der Waals surface area contributed by atoms with Crippen molar-refractivity contribution in [3.8, 4) is 5.75 Å². The maximum Gasteiger partial charge on any atom is 0.119 e. The zero-order valence-corrected chi connectivity index (χ0v) is 13.0. The van der Waals surface area contributed by atoms with Gasteiger partial charge in [0.25, 0.3) is 0 Å². The number of ether oxygens (including phenoxy) is 1. The van der Waals surface area contributed by atoms with Crippen molar-refractivity contribution in [3.05, 3.63) is 59.1 Å². The van der Waals surface area contributed by atoms with Crippen LogP contribution < -0.4 is 10.1 Å². The Labute approximate surface area is 128 Å². The molecule has 0 fully saturated rings. The van der Waals surface area contributed by atoms with Crippen LogP contribution in [-0.2, 0) is 6.54 Å². The zero-order chi connectivity index (χ0) is 14.7. The highest BCUT2D eigenvalue weighted by Crippen LogP contribution is 2.23. The van der Waals surface area contributed by atoms with Gasteiger partial charge < -0.3 is 10.1 Å². The number of thiazole rings is 1. The fraction of sp³-hybridized carbons (Fsp3) is 0.235. The normalized spacial score (nSPS) is 12.5. The smallest absolute Gasteiger partial charge is 0.119 e. The summed E-state index contributed by atoms with van der Waals surface area (Å²) in [5.74, 6) is 0.890. The summed E-state index contributed by atoms with van der Waals surface area (Å²) in [6.07, 6.45) is 0. The Balaban J connectivity index is 1.68. The molecular weight excluding hydrogens is 280 g/mol. The number of rotatable bonds is 5. The van der Waals surface area contributed by atoms with Gasteiger partial charge in [-0.2, -0.15) is 0 Å². The second kappa shape index (κ2) is 6.24. The summed E-state index contributed by atoms with van der Waals surface area (Å²) >= 11 is 1.74. The first-order valence-electron chi connectivity index (χ1n) is 6.98. The molecule has 0 unspecified atom stereocenters. The molecule has 1 aromatic heterocycles. The highest BCUT2D eigenvalue weighted by Gasteiger charge is 2.08. The van der Waals surface area contributed by atoms with Crippen molar-refractivity contribution in [2.75, 3.05) is 7.11 Å². The third-order valence-electron chi connectivity index (χ3n) is 3.49. The molecule has 0 aliphatic rings. The SMILES string of the molecule is COc1cccc([C@@H](C)NCc2nc3ccccc3s2)c1. The maximum absolute atomic E-state index is 5.27. The van der Waals surface area contributed by atoms with Crippen molar-refractivity contribution >= 4 is 21.6 Å². The average molecular weight is 298 g/mol. The van der Waals surface area contributed by atoms with Crippen molar-refractivity contribution in [3.63, 3.8) is 0 Å². The Hall–Kier alpha value is -1.91. The topological polar surface area (TPSA) is 34.1 Å². The number of hydrogen-bond donors (Lipinski definition) is 1. The first-order chi connectivity index (χ1) is 10.3. The van der Waals surface area contributed by atoms with E-state index in [1.54, 1.807) is 18.4 Å². The fourth-order valence-electron chi connectivity index (χ4n) is 2.26. The van der Waals surface area contributed by atoms with Gasteiger partial charge in [-0.25, -0.2) is 4.98 Å². The van der Waals surface area contributed by atoms with Gasteiger partial charge in [-0.05, 0) is 36.8 Å². The van der Waals surface area contributed by atoms with Crippen LogP contribution in [0.2, 0.25) is 0 Å². The number of fused-ring (bicyclic) bond motifs is 1. The van der Waals surface area contributed by atoms with Crippen molar-refractivity contribution in [1.29, 1.82) is 0 Å². The van der Waals surface area contributed by atoms with Gasteiger partial charge in [-0.15, -0.1) is 11.3 Å². The van der Waals surface area contributed by atoms with E-state index in [9.17, 15) is 0 Å². The lowest BCUT2D eigenvalue weighted by atomic mass is 10.1. The molecule has 4 heteroatoms. The summed E-state index contributed by atoms with van der Waals surface area (Å²) in [5, 5.41) is 4.64. The van der Waals surface area contributed by atoms with Crippen LogP contribution in [-0.4, -0.2) is 12.1 Å². The molecule has 0 spiro atoms. The molecular formula is C17H18N2OS. The molecule has 1 N–H and O–H groups in total. The summed E-state index contributed by atoms with van der Waals surface area (Å²) in [7, 11) is 1.69. The van der Waals surface area contributed by atoms with Crippen molar-refractivity contribution < 1.29 is 4.74 Å². The van der Waals surface area contributed by atoms with Gasteiger partial charge in [0.2, 0.25) is 0 Å². The summed E-state index contributed by atoms with van der Waals surface area (Å²) in [5.41, 5.74) is 2.30. The van der Waals surface area contributed by atoms with Crippen molar-refractivity contribution in [2.24, 2.45) is 0 Å². The molecule has 0 radical (unpaired) electrons. The molecule has 3 rings (SSSR count). The molecule has 3 nitrogen and oxygen atoms in total. The molecule has 2 aromatic carbocycles. The molecule has 21 heavy (non-hydrogen) atoms. The molecule has 0 saturated carbocycles. The Bertz CT molecular complexity index is 705. The molecule has 0 amide bonds. The van der Waals surface area contributed by atoms with Gasteiger partial charge in [0.05, 0.1) is 17.3 Å². The predicted molar refractivity (Wildman–Crippen MR) is 87.9 cm³/mol. The molecule has 1 heterocycles. The number of nitrogens with one attached hydrogen (secondary N) is 1. The molecule has 0 saturated heterocycles. The van der Waals surface area contributed by atoms with Crippen LogP contribution in [0.15, 0.2) is 48.5 Å². The summed E-state index contributed by atoms with van der Waals surface area (Å²) in [6.45, 7) is 2.93. The van der Waals surface area contributed by atoms with Crippen LogP contribution in [0, 0.1) is 0 Å². The minimum absolute atomic E-state index is 0.257. The van der Waals surface area contributed by atoms with Crippen LogP contribution in [0.4, 0.5) is 0 Å². The van der Waals surface area contributed by atoms with Gasteiger partial charge in [0, 0.05) is 12.6 Å². The Morgan fingerprint density at radius 1 is 1.19 bits per heavy atom. The summed E-state index contributed by atoms with van der Waals surface area (Å²) < 4.78 is 6.51. The highest BCUT2D eigenvalue weighted by molar-refractivity contribution is 7.18. The first-order valence-corrected chi connectivity index (χ1v) is 7.79. The van der Waals surface area contributed by atoms with Gasteiger partial charge in [0.1, 0.15) is 10.8 Å². The minimum Gasteiger partial charge on any atom is -0.497 e. The second-order valence-electron chi connectivity index (χ2n) is 4.95. The van der Waals surface area contributed by atoms with E-state index in [2.05, 4.69) is 47.6 Å². The van der Waals surface area contributed by atoms with Crippen LogP contribution in [0.3, 0.4) is 0 Å². The first kappa shape index (κ1) is 14.0. The minimum atomic E-state index is 0.257. The molecule has 108 valence electrons. The number of nitrogens with zero attached hydrogens (tertiary/aromatic N) is 1. The predicted octanol–water partition coefficient (Wildman–Crippen LogP) is 4.16. The number of aromatic nitrogens is 1. The molecule has 0 bridgehead atoms. The van der Waals surface area contributed by atoms with E-state index in [0.29, 0.717) is 0 Å². The van der Waals surface area contributed by atoms with Crippen LogP contribution in [0.25, 0.3) is 10.2 Å². The third-order valence-corrected chi connectivity index (χ3v) is 4.53. The van der Waals surface area contributed by atoms with E-state index in [-0.39, 0.29) is 6.04 Å². The van der Waals surface area contributed by atoms with E-state index in [1.165, 1.54) is 10.3 Å². The van der Waals surface area contributed by atoms with Crippen molar-refractivity contribution in [2.45, 2.75) is 19.5 Å². The number of methoxy groups -OCH3 is 1. The number of hydrogen-bond acceptors (Lipinski definition) is 4. The molecule has 0 aliphatic heterocycles.